The highest BCUT2D eigenvalue weighted by atomic mass is 16.5. The van der Waals surface area contributed by atoms with E-state index < -0.39 is 12.0 Å². The van der Waals surface area contributed by atoms with Crippen molar-refractivity contribution in [3.05, 3.63) is 35.9 Å². The lowest BCUT2D eigenvalue weighted by Gasteiger charge is -2.25. The van der Waals surface area contributed by atoms with E-state index in [0.717, 1.165) is 12.0 Å². The molecule has 1 unspecified atom stereocenters. The van der Waals surface area contributed by atoms with Gasteiger partial charge >= 0.3 is 5.97 Å². The van der Waals surface area contributed by atoms with Crippen LogP contribution in [0, 0.1) is 0 Å². The fraction of sp³-hybridized carbons (Fsp3) is 0.500. The Balaban J connectivity index is 2.67. The van der Waals surface area contributed by atoms with Crippen LogP contribution in [0.1, 0.15) is 38.8 Å². The number of amides is 1. The molecular formula is C16H24N2O3. The molecule has 0 bridgehead atoms. The summed E-state index contributed by atoms with van der Waals surface area (Å²) in [7, 11) is 1.33. The molecule has 0 saturated heterocycles. The Bertz CT molecular complexity index is 472. The van der Waals surface area contributed by atoms with Gasteiger partial charge < -0.3 is 10.1 Å². The molecule has 0 saturated carbocycles. The van der Waals surface area contributed by atoms with Crippen LogP contribution in [0.25, 0.3) is 0 Å². The molecule has 2 N–H and O–H groups in total. The van der Waals surface area contributed by atoms with E-state index in [-0.39, 0.29) is 18.0 Å². The van der Waals surface area contributed by atoms with Crippen molar-refractivity contribution < 1.29 is 14.3 Å². The van der Waals surface area contributed by atoms with Crippen molar-refractivity contribution in [3.63, 3.8) is 0 Å². The molecule has 0 aromatic heterocycles. The standard InChI is InChI=1S/C16H24N2O3/c1-5-16(2,3)18-13(19)11-17-14(15(20)21-4)12-9-7-6-8-10-12/h6-10,14,17H,5,11H2,1-4H3,(H,18,19). The highest BCUT2D eigenvalue weighted by Crippen LogP contribution is 2.14. The van der Waals surface area contributed by atoms with Gasteiger partial charge in [0.05, 0.1) is 13.7 Å². The lowest BCUT2D eigenvalue weighted by Crippen LogP contribution is -2.47. The number of carbonyl (C=O) groups excluding carboxylic acids is 2. The van der Waals surface area contributed by atoms with Crippen molar-refractivity contribution in [2.45, 2.75) is 38.8 Å². The molecule has 1 rings (SSSR count). The van der Waals surface area contributed by atoms with E-state index in [2.05, 4.69) is 10.6 Å². The molecule has 0 aliphatic carbocycles. The second-order valence-corrected chi connectivity index (χ2v) is 5.53. The lowest BCUT2D eigenvalue weighted by molar-refractivity contribution is -0.143. The van der Waals surface area contributed by atoms with Gasteiger partial charge in [-0.2, -0.15) is 0 Å². The molecular weight excluding hydrogens is 268 g/mol. The number of esters is 1. The van der Waals surface area contributed by atoms with Gasteiger partial charge in [-0.25, -0.2) is 4.79 Å². The van der Waals surface area contributed by atoms with Gasteiger partial charge in [-0.1, -0.05) is 37.3 Å². The Morgan fingerprint density at radius 2 is 1.86 bits per heavy atom. The van der Waals surface area contributed by atoms with Crippen LogP contribution in [0.4, 0.5) is 0 Å². The van der Waals surface area contributed by atoms with E-state index in [1.54, 1.807) is 0 Å². The summed E-state index contributed by atoms with van der Waals surface area (Å²) in [6.07, 6.45) is 0.831. The van der Waals surface area contributed by atoms with E-state index in [1.807, 2.05) is 51.1 Å². The molecule has 1 aromatic carbocycles. The molecule has 0 aliphatic rings. The van der Waals surface area contributed by atoms with Crippen LogP contribution >= 0.6 is 0 Å². The van der Waals surface area contributed by atoms with Crippen LogP contribution in [-0.4, -0.2) is 31.1 Å². The molecule has 0 aliphatic heterocycles. The van der Waals surface area contributed by atoms with Crippen LogP contribution in [0.3, 0.4) is 0 Å². The van der Waals surface area contributed by atoms with Gasteiger partial charge in [-0.15, -0.1) is 0 Å². The van der Waals surface area contributed by atoms with Crippen LogP contribution in [0.2, 0.25) is 0 Å². The van der Waals surface area contributed by atoms with Crippen molar-refractivity contribution in [1.82, 2.24) is 10.6 Å². The second kappa shape index (κ2) is 7.78. The van der Waals surface area contributed by atoms with E-state index in [4.69, 9.17) is 4.74 Å². The second-order valence-electron chi connectivity index (χ2n) is 5.53. The molecule has 1 amide bonds. The number of rotatable bonds is 7. The summed E-state index contributed by atoms with van der Waals surface area (Å²) in [5.74, 6) is -0.560. The van der Waals surface area contributed by atoms with Crippen LogP contribution in [0.5, 0.6) is 0 Å². The van der Waals surface area contributed by atoms with Crippen molar-refractivity contribution >= 4 is 11.9 Å². The monoisotopic (exact) mass is 292 g/mol. The van der Waals surface area contributed by atoms with Gasteiger partial charge in [-0.3, -0.25) is 10.1 Å². The predicted molar refractivity (Wildman–Crippen MR) is 81.7 cm³/mol. The molecule has 116 valence electrons. The summed E-state index contributed by atoms with van der Waals surface area (Å²) in [6, 6.07) is 8.55. The van der Waals surface area contributed by atoms with Crippen LogP contribution in [0.15, 0.2) is 30.3 Å². The molecule has 0 radical (unpaired) electrons. The Morgan fingerprint density at radius 1 is 1.24 bits per heavy atom. The zero-order valence-corrected chi connectivity index (χ0v) is 13.1. The van der Waals surface area contributed by atoms with Gasteiger partial charge in [0.25, 0.3) is 0 Å². The number of hydrogen-bond donors (Lipinski definition) is 2. The predicted octanol–water partition coefficient (Wildman–Crippen LogP) is 1.80. The van der Waals surface area contributed by atoms with Crippen molar-refractivity contribution in [3.8, 4) is 0 Å². The fourth-order valence-electron chi connectivity index (χ4n) is 1.81. The lowest BCUT2D eigenvalue weighted by atomic mass is 10.0. The maximum Gasteiger partial charge on any atom is 0.327 e. The van der Waals surface area contributed by atoms with Gasteiger partial charge in [0.2, 0.25) is 5.91 Å². The molecule has 5 nitrogen and oxygen atoms in total. The average molecular weight is 292 g/mol. The quantitative estimate of drug-likeness (QED) is 0.752. The smallest absolute Gasteiger partial charge is 0.327 e. The zero-order valence-electron chi connectivity index (χ0n) is 13.1. The minimum Gasteiger partial charge on any atom is -0.468 e. The Labute approximate surface area is 126 Å². The largest absolute Gasteiger partial charge is 0.468 e. The number of nitrogens with one attached hydrogen (secondary N) is 2. The van der Waals surface area contributed by atoms with E-state index in [9.17, 15) is 9.59 Å². The number of hydrogen-bond acceptors (Lipinski definition) is 4. The first-order valence-corrected chi connectivity index (χ1v) is 7.07. The minimum atomic E-state index is -0.647. The number of benzene rings is 1. The van der Waals surface area contributed by atoms with Crippen molar-refractivity contribution in [1.29, 1.82) is 0 Å². The summed E-state index contributed by atoms with van der Waals surface area (Å²) >= 11 is 0. The summed E-state index contributed by atoms with van der Waals surface area (Å²) < 4.78 is 4.79. The highest BCUT2D eigenvalue weighted by Gasteiger charge is 2.23. The molecule has 0 spiro atoms. The Hall–Kier alpha value is -1.88. The van der Waals surface area contributed by atoms with Gasteiger partial charge in [0.15, 0.2) is 0 Å². The normalized spacial score (nSPS) is 12.6. The van der Waals surface area contributed by atoms with E-state index in [0.29, 0.717) is 0 Å². The maximum absolute atomic E-state index is 11.9. The highest BCUT2D eigenvalue weighted by molar-refractivity contribution is 5.81. The third kappa shape index (κ3) is 5.55. The van der Waals surface area contributed by atoms with E-state index >= 15 is 0 Å². The fourth-order valence-corrected chi connectivity index (χ4v) is 1.81. The molecule has 21 heavy (non-hydrogen) atoms. The number of carbonyl (C=O) groups is 2. The average Bonchev–Trinajstić information content (AvgIpc) is 2.47. The Kier molecular flexibility index (Phi) is 6.37. The summed E-state index contributed by atoms with van der Waals surface area (Å²) in [5, 5.41) is 5.86. The maximum atomic E-state index is 11.9. The summed E-state index contributed by atoms with van der Waals surface area (Å²) in [4.78, 5) is 23.8. The molecule has 0 fully saturated rings. The van der Waals surface area contributed by atoms with Crippen molar-refractivity contribution in [2.75, 3.05) is 13.7 Å². The summed E-state index contributed by atoms with van der Waals surface area (Å²) in [5.41, 5.74) is 0.513. The molecule has 0 heterocycles. The molecule has 1 aromatic rings. The van der Waals surface area contributed by atoms with E-state index in [1.165, 1.54) is 7.11 Å². The third-order valence-corrected chi connectivity index (χ3v) is 3.40. The first-order chi connectivity index (χ1) is 9.89. The zero-order chi connectivity index (χ0) is 15.9. The molecule has 1 atom stereocenters. The van der Waals surface area contributed by atoms with Crippen molar-refractivity contribution in [2.24, 2.45) is 0 Å². The summed E-state index contributed by atoms with van der Waals surface area (Å²) in [6.45, 7) is 5.98. The topological polar surface area (TPSA) is 67.4 Å². The minimum absolute atomic E-state index is 0.0537. The molecule has 5 heteroatoms. The Morgan fingerprint density at radius 3 is 2.38 bits per heavy atom. The van der Waals surface area contributed by atoms with Gasteiger partial charge in [0, 0.05) is 5.54 Å². The first kappa shape index (κ1) is 17.2. The van der Waals surface area contributed by atoms with Crippen LogP contribution in [-0.2, 0) is 14.3 Å². The van der Waals surface area contributed by atoms with Gasteiger partial charge in [0.1, 0.15) is 6.04 Å². The number of ether oxygens (including phenoxy) is 1. The van der Waals surface area contributed by atoms with Crippen LogP contribution < -0.4 is 10.6 Å². The third-order valence-electron chi connectivity index (χ3n) is 3.40. The SMILES string of the molecule is CCC(C)(C)NC(=O)CNC(C(=O)OC)c1ccccc1. The number of methoxy groups -OCH3 is 1. The first-order valence-electron chi connectivity index (χ1n) is 7.07. The van der Waals surface area contributed by atoms with Gasteiger partial charge in [-0.05, 0) is 25.8 Å².